The highest BCUT2D eigenvalue weighted by Gasteiger charge is 2.40. The van der Waals surface area contributed by atoms with E-state index >= 15 is 0 Å². The second-order valence-corrected chi connectivity index (χ2v) is 12.7. The fourth-order valence-electron chi connectivity index (χ4n) is 5.88. The van der Waals surface area contributed by atoms with E-state index in [9.17, 15) is 9.59 Å². The van der Waals surface area contributed by atoms with Gasteiger partial charge in [0.1, 0.15) is 0 Å². The molecule has 1 aliphatic heterocycles. The first-order valence-electron chi connectivity index (χ1n) is 14.8. The predicted molar refractivity (Wildman–Crippen MR) is 170 cm³/mol. The molecule has 5 nitrogen and oxygen atoms in total. The summed E-state index contributed by atoms with van der Waals surface area (Å²) in [6, 6.07) is 26.8. The fraction of sp³-hybridized carbons (Fsp3) is 0.371. The van der Waals surface area contributed by atoms with Crippen molar-refractivity contribution in [1.29, 1.82) is 0 Å². The number of nitrogens with zero attached hydrogens (tertiary/aromatic N) is 2. The molecular formula is C35H41N3O2S. The molecule has 2 fully saturated rings. The molecule has 2 amide bonds. The summed E-state index contributed by atoms with van der Waals surface area (Å²) in [5.41, 5.74) is 5.29. The van der Waals surface area contributed by atoms with Crippen molar-refractivity contribution in [3.63, 3.8) is 0 Å². The van der Waals surface area contributed by atoms with E-state index in [0.29, 0.717) is 29.9 Å². The Morgan fingerprint density at radius 1 is 1.00 bits per heavy atom. The molecule has 1 saturated carbocycles. The van der Waals surface area contributed by atoms with Gasteiger partial charge in [0.15, 0.2) is 0 Å². The molecule has 3 aromatic rings. The molecule has 214 valence electrons. The van der Waals surface area contributed by atoms with Crippen molar-refractivity contribution in [2.45, 2.75) is 63.4 Å². The van der Waals surface area contributed by atoms with Crippen LogP contribution >= 0.6 is 11.8 Å². The third-order valence-electron chi connectivity index (χ3n) is 8.02. The smallest absolute Gasteiger partial charge is 0.260 e. The molecule has 2 unspecified atom stereocenters. The van der Waals surface area contributed by atoms with Gasteiger partial charge in [-0.2, -0.15) is 0 Å². The standard InChI is InChI=1S/C35H41N3O2S/c1-26-10-8-13-29(22-26)25-38-31-14-6-7-15-32(31)41-33(35(38)40)23-27-16-18-30(19-17-27)34(39)36-20-9-21-37(2)24-28-11-4-3-5-12-28/h3-5,8,10-13,16-19,22-23,31-32H,6-7,9,14-15,20-21,24-25H2,1-2H3,(H,36,39)/b33-23+. The summed E-state index contributed by atoms with van der Waals surface area (Å²) in [5, 5.41) is 3.48. The molecule has 5 rings (SSSR count). The van der Waals surface area contributed by atoms with Crippen molar-refractivity contribution in [3.05, 3.63) is 112 Å². The van der Waals surface area contributed by atoms with E-state index in [2.05, 4.69) is 77.6 Å². The highest BCUT2D eigenvalue weighted by molar-refractivity contribution is 8.04. The predicted octanol–water partition coefficient (Wildman–Crippen LogP) is 6.67. The minimum atomic E-state index is -0.0626. The van der Waals surface area contributed by atoms with Crippen molar-refractivity contribution in [1.82, 2.24) is 15.1 Å². The monoisotopic (exact) mass is 567 g/mol. The molecule has 2 atom stereocenters. The lowest BCUT2D eigenvalue weighted by molar-refractivity contribution is -0.130. The number of rotatable bonds is 10. The zero-order chi connectivity index (χ0) is 28.6. The van der Waals surface area contributed by atoms with Gasteiger partial charge in [0, 0.05) is 36.5 Å². The van der Waals surface area contributed by atoms with Crippen molar-refractivity contribution in [2.24, 2.45) is 0 Å². The van der Waals surface area contributed by atoms with E-state index in [-0.39, 0.29) is 11.8 Å². The lowest BCUT2D eigenvalue weighted by atomic mass is 9.92. The van der Waals surface area contributed by atoms with Gasteiger partial charge in [-0.25, -0.2) is 0 Å². The number of benzene rings is 3. The second kappa shape index (κ2) is 14.0. The molecule has 41 heavy (non-hydrogen) atoms. The van der Waals surface area contributed by atoms with Crippen molar-refractivity contribution < 1.29 is 9.59 Å². The van der Waals surface area contributed by atoms with Crippen LogP contribution in [-0.4, -0.2) is 53.0 Å². The Bertz CT molecular complexity index is 1360. The van der Waals surface area contributed by atoms with E-state index in [0.717, 1.165) is 42.8 Å². The highest BCUT2D eigenvalue weighted by atomic mass is 32.2. The summed E-state index contributed by atoms with van der Waals surface area (Å²) in [5.74, 6) is 0.0612. The van der Waals surface area contributed by atoms with Crippen molar-refractivity contribution >= 4 is 29.7 Å². The molecule has 1 heterocycles. The summed E-state index contributed by atoms with van der Waals surface area (Å²) in [7, 11) is 2.10. The Morgan fingerprint density at radius 2 is 1.76 bits per heavy atom. The maximum absolute atomic E-state index is 13.7. The number of carbonyl (C=O) groups excluding carboxylic acids is 2. The van der Waals surface area contributed by atoms with E-state index in [1.54, 1.807) is 11.8 Å². The molecule has 0 spiro atoms. The van der Waals surface area contributed by atoms with Crippen LogP contribution in [0.2, 0.25) is 0 Å². The fourth-order valence-corrected chi connectivity index (χ4v) is 7.35. The van der Waals surface area contributed by atoms with Crippen LogP contribution in [0, 0.1) is 6.92 Å². The number of fused-ring (bicyclic) bond motifs is 1. The van der Waals surface area contributed by atoms with E-state index in [1.807, 2.05) is 36.4 Å². The van der Waals surface area contributed by atoms with Crippen LogP contribution in [0.5, 0.6) is 0 Å². The highest BCUT2D eigenvalue weighted by Crippen LogP contribution is 2.42. The molecule has 0 radical (unpaired) electrons. The largest absolute Gasteiger partial charge is 0.352 e. The molecule has 1 aliphatic carbocycles. The average Bonchev–Trinajstić information content (AvgIpc) is 2.98. The van der Waals surface area contributed by atoms with Gasteiger partial charge >= 0.3 is 0 Å². The Morgan fingerprint density at radius 3 is 2.54 bits per heavy atom. The maximum Gasteiger partial charge on any atom is 0.260 e. The zero-order valence-electron chi connectivity index (χ0n) is 24.2. The molecule has 0 bridgehead atoms. The van der Waals surface area contributed by atoms with Crippen molar-refractivity contribution in [2.75, 3.05) is 20.1 Å². The zero-order valence-corrected chi connectivity index (χ0v) is 25.0. The van der Waals surface area contributed by atoms with Gasteiger partial charge in [-0.1, -0.05) is 85.1 Å². The van der Waals surface area contributed by atoms with Gasteiger partial charge in [0.25, 0.3) is 11.8 Å². The number of hydrogen-bond acceptors (Lipinski definition) is 4. The number of hydrogen-bond donors (Lipinski definition) is 1. The maximum atomic E-state index is 13.7. The lowest BCUT2D eigenvalue weighted by Gasteiger charge is -2.44. The number of amides is 2. The summed E-state index contributed by atoms with van der Waals surface area (Å²) < 4.78 is 0. The lowest BCUT2D eigenvalue weighted by Crippen LogP contribution is -2.50. The van der Waals surface area contributed by atoms with Crippen molar-refractivity contribution in [3.8, 4) is 0 Å². The van der Waals surface area contributed by atoms with Crippen LogP contribution < -0.4 is 5.32 Å². The topological polar surface area (TPSA) is 52.7 Å². The third-order valence-corrected chi connectivity index (χ3v) is 9.42. The van der Waals surface area contributed by atoms with Crippen LogP contribution in [-0.2, 0) is 17.9 Å². The van der Waals surface area contributed by atoms with Crippen LogP contribution in [0.3, 0.4) is 0 Å². The van der Waals surface area contributed by atoms with E-state index < -0.39 is 0 Å². The average molecular weight is 568 g/mol. The van der Waals surface area contributed by atoms with E-state index in [1.165, 1.54) is 29.5 Å². The van der Waals surface area contributed by atoms with Gasteiger partial charge < -0.3 is 15.1 Å². The molecule has 0 aromatic heterocycles. The Labute approximate surface area is 249 Å². The minimum absolute atomic E-state index is 0.0626. The number of nitrogens with one attached hydrogen (secondary N) is 1. The first-order chi connectivity index (χ1) is 20.0. The second-order valence-electron chi connectivity index (χ2n) is 11.4. The Kier molecular flexibility index (Phi) is 9.97. The van der Waals surface area contributed by atoms with Gasteiger partial charge in [0.05, 0.1) is 4.91 Å². The van der Waals surface area contributed by atoms with Gasteiger partial charge in [-0.05, 0) is 74.7 Å². The quantitative estimate of drug-likeness (QED) is 0.220. The number of thioether (sulfide) groups is 1. The van der Waals surface area contributed by atoms with Crippen LogP contribution in [0.15, 0.2) is 83.8 Å². The number of carbonyl (C=O) groups is 2. The molecule has 1 N–H and O–H groups in total. The molecule has 2 aliphatic rings. The molecule has 3 aromatic carbocycles. The molecule has 6 heteroatoms. The molecular weight excluding hydrogens is 526 g/mol. The Hall–Kier alpha value is -3.35. The van der Waals surface area contributed by atoms with Gasteiger partial charge in [-0.15, -0.1) is 11.8 Å². The van der Waals surface area contributed by atoms with Crippen LogP contribution in [0.25, 0.3) is 6.08 Å². The van der Waals surface area contributed by atoms with E-state index in [4.69, 9.17) is 0 Å². The first kappa shape index (κ1) is 29.2. The minimum Gasteiger partial charge on any atom is -0.352 e. The SMILES string of the molecule is Cc1cccc(CN2C(=O)/C(=C\c3ccc(C(=O)NCCCN(C)Cc4ccccc4)cc3)SC3CCCCC32)c1. The third kappa shape index (κ3) is 7.90. The number of aryl methyl sites for hydroxylation is 1. The van der Waals surface area contributed by atoms with Crippen LogP contribution in [0.4, 0.5) is 0 Å². The van der Waals surface area contributed by atoms with Crippen LogP contribution in [0.1, 0.15) is 64.7 Å². The van der Waals surface area contributed by atoms with Gasteiger partial charge in [-0.3, -0.25) is 9.59 Å². The molecule has 1 saturated heterocycles. The summed E-state index contributed by atoms with van der Waals surface area (Å²) in [6.07, 6.45) is 7.53. The summed E-state index contributed by atoms with van der Waals surface area (Å²) in [4.78, 5) is 31.6. The summed E-state index contributed by atoms with van der Waals surface area (Å²) in [6.45, 7) is 5.20. The summed E-state index contributed by atoms with van der Waals surface area (Å²) >= 11 is 1.75. The van der Waals surface area contributed by atoms with Gasteiger partial charge in [0.2, 0.25) is 0 Å². The first-order valence-corrected chi connectivity index (χ1v) is 15.7. The normalized spacial score (nSPS) is 19.8. The Balaban J connectivity index is 1.17.